The van der Waals surface area contributed by atoms with Crippen molar-refractivity contribution in [2.75, 3.05) is 17.9 Å². The van der Waals surface area contributed by atoms with E-state index in [1.165, 1.54) is 17.3 Å². The van der Waals surface area contributed by atoms with Crippen LogP contribution >= 0.6 is 23.4 Å². The van der Waals surface area contributed by atoms with Gasteiger partial charge in [0.2, 0.25) is 0 Å². The monoisotopic (exact) mass is 468 g/mol. The lowest BCUT2D eigenvalue weighted by Crippen LogP contribution is -2.63. The molecule has 0 heterocycles. The minimum atomic E-state index is -1.27. The third-order valence-electron chi connectivity index (χ3n) is 9.14. The Hall–Kier alpha value is -0.850. The van der Waals surface area contributed by atoms with E-state index in [2.05, 4.69) is 6.92 Å². The number of aliphatic hydroxyl groups is 1. The Bertz CT molecular complexity index is 827. The number of alkyl halides is 1. The molecule has 7 atom stereocenters. The van der Waals surface area contributed by atoms with E-state index < -0.39 is 23.1 Å². The molecule has 0 radical (unpaired) electrons. The van der Waals surface area contributed by atoms with Gasteiger partial charge in [-0.15, -0.1) is 11.6 Å². The van der Waals surface area contributed by atoms with Gasteiger partial charge in [-0.1, -0.05) is 19.4 Å². The molecule has 0 spiro atoms. The fourth-order valence-electron chi connectivity index (χ4n) is 7.81. The fourth-order valence-corrected chi connectivity index (χ4v) is 8.32. The van der Waals surface area contributed by atoms with Gasteiger partial charge in [-0.25, -0.2) is 0 Å². The van der Waals surface area contributed by atoms with Crippen LogP contribution in [0.2, 0.25) is 0 Å². The number of fused-ring (bicyclic) bond motifs is 5. The van der Waals surface area contributed by atoms with Crippen LogP contribution in [0.25, 0.3) is 0 Å². The summed E-state index contributed by atoms with van der Waals surface area (Å²) in [5.74, 6) is -0.00357. The van der Waals surface area contributed by atoms with Gasteiger partial charge >= 0.3 is 5.97 Å². The third-order valence-corrected chi connectivity index (χ3v) is 9.91. The number of allylic oxidation sites excluding steroid dienone is 1. The molecule has 172 valence electrons. The molecule has 7 unspecified atom stereocenters. The highest BCUT2D eigenvalue weighted by molar-refractivity contribution is 7.99. The number of Topliss-reactive ketones (excluding diaryl/α,β-unsaturated/α-hetero) is 1. The van der Waals surface area contributed by atoms with Gasteiger partial charge in [0.1, 0.15) is 0 Å². The lowest BCUT2D eigenvalue weighted by Gasteiger charge is -2.60. The van der Waals surface area contributed by atoms with E-state index in [0.29, 0.717) is 19.3 Å². The lowest BCUT2D eigenvalue weighted by atomic mass is 9.45. The molecule has 3 saturated carbocycles. The maximum absolute atomic E-state index is 13.2. The molecule has 4 aliphatic carbocycles. The number of thioether (sulfide) groups is 1. The van der Waals surface area contributed by atoms with Crippen molar-refractivity contribution in [2.45, 2.75) is 70.5 Å². The molecular formula is C24H33ClO5S. The molecule has 0 aromatic heterocycles. The van der Waals surface area contributed by atoms with E-state index in [4.69, 9.17) is 16.3 Å². The zero-order valence-electron chi connectivity index (χ0n) is 18.6. The van der Waals surface area contributed by atoms with Crippen molar-refractivity contribution in [3.63, 3.8) is 0 Å². The van der Waals surface area contributed by atoms with Crippen LogP contribution in [0.5, 0.6) is 0 Å². The zero-order valence-corrected chi connectivity index (χ0v) is 20.2. The van der Waals surface area contributed by atoms with Crippen molar-refractivity contribution in [1.29, 1.82) is 0 Å². The summed E-state index contributed by atoms with van der Waals surface area (Å²) in [6, 6.07) is 0. The normalized spacial score (nSPS) is 44.0. The predicted octanol–water partition coefficient (Wildman–Crippen LogP) is 3.94. The van der Waals surface area contributed by atoms with Gasteiger partial charge in [-0.05, 0) is 74.0 Å². The summed E-state index contributed by atoms with van der Waals surface area (Å²) in [7, 11) is 0. The topological polar surface area (TPSA) is 80.7 Å². The molecule has 4 rings (SSSR count). The number of hydrogen-bond acceptors (Lipinski definition) is 6. The van der Waals surface area contributed by atoms with E-state index in [1.807, 2.05) is 19.3 Å². The standard InChI is InChI=1S/C24H33ClO5S/c1-22-8-6-15(26)10-14(22)4-5-16-17-7-9-24(19(28)12-25,30-20(29)13-31-3)23(17,2)11-18(27)21(16)22/h10,16-18,21,27H,4-9,11-13H2,1-3H3. The summed E-state index contributed by atoms with van der Waals surface area (Å²) in [5, 5.41) is 11.5. The van der Waals surface area contributed by atoms with Crippen molar-refractivity contribution < 1.29 is 24.2 Å². The second-order valence-electron chi connectivity index (χ2n) is 10.4. The fraction of sp³-hybridized carbons (Fsp3) is 0.792. The second kappa shape index (κ2) is 8.18. The molecule has 0 saturated heterocycles. The molecule has 0 amide bonds. The molecule has 0 bridgehead atoms. The number of carbonyl (C=O) groups is 3. The molecule has 31 heavy (non-hydrogen) atoms. The van der Waals surface area contributed by atoms with E-state index in [1.54, 1.807) is 0 Å². The predicted molar refractivity (Wildman–Crippen MR) is 121 cm³/mol. The first-order chi connectivity index (χ1) is 14.6. The quantitative estimate of drug-likeness (QED) is 0.486. The molecule has 0 aliphatic heterocycles. The minimum Gasteiger partial charge on any atom is -0.450 e. The highest BCUT2D eigenvalue weighted by Gasteiger charge is 2.70. The second-order valence-corrected chi connectivity index (χ2v) is 11.5. The van der Waals surface area contributed by atoms with Gasteiger partial charge in [0.25, 0.3) is 0 Å². The summed E-state index contributed by atoms with van der Waals surface area (Å²) in [4.78, 5) is 37.8. The molecule has 1 N–H and O–H groups in total. The molecule has 0 aromatic rings. The Morgan fingerprint density at radius 2 is 2.00 bits per heavy atom. The van der Waals surface area contributed by atoms with Gasteiger partial charge < -0.3 is 9.84 Å². The van der Waals surface area contributed by atoms with Crippen LogP contribution in [0.15, 0.2) is 11.6 Å². The van der Waals surface area contributed by atoms with Gasteiger partial charge in [-0.2, -0.15) is 11.8 Å². The molecule has 7 heteroatoms. The Kier molecular flexibility index (Phi) is 6.15. The van der Waals surface area contributed by atoms with Crippen LogP contribution in [0.3, 0.4) is 0 Å². The van der Waals surface area contributed by atoms with Crippen LogP contribution in [0.1, 0.15) is 58.8 Å². The maximum atomic E-state index is 13.2. The number of ketones is 2. The molecule has 0 aromatic carbocycles. The van der Waals surface area contributed by atoms with Crippen molar-refractivity contribution in [1.82, 2.24) is 0 Å². The highest BCUT2D eigenvalue weighted by atomic mass is 35.5. The van der Waals surface area contributed by atoms with Crippen molar-refractivity contribution in [3.05, 3.63) is 11.6 Å². The smallest absolute Gasteiger partial charge is 0.316 e. The Labute approximate surface area is 193 Å². The summed E-state index contributed by atoms with van der Waals surface area (Å²) < 4.78 is 5.98. The van der Waals surface area contributed by atoms with E-state index in [-0.39, 0.29) is 46.4 Å². The average molecular weight is 469 g/mol. The van der Waals surface area contributed by atoms with Crippen LogP contribution < -0.4 is 0 Å². The zero-order chi connectivity index (χ0) is 22.6. The Morgan fingerprint density at radius 1 is 1.26 bits per heavy atom. The van der Waals surface area contributed by atoms with Crippen LogP contribution in [0, 0.1) is 28.6 Å². The van der Waals surface area contributed by atoms with Crippen LogP contribution in [0.4, 0.5) is 0 Å². The van der Waals surface area contributed by atoms with Crippen molar-refractivity contribution in [3.8, 4) is 0 Å². The van der Waals surface area contributed by atoms with Crippen LogP contribution in [-0.2, 0) is 19.1 Å². The summed E-state index contributed by atoms with van der Waals surface area (Å²) >= 11 is 7.40. The van der Waals surface area contributed by atoms with Gasteiger partial charge in [0.15, 0.2) is 17.2 Å². The van der Waals surface area contributed by atoms with Crippen LogP contribution in [-0.4, -0.2) is 52.2 Å². The third kappa shape index (κ3) is 3.34. The van der Waals surface area contributed by atoms with Crippen molar-refractivity contribution >= 4 is 40.9 Å². The average Bonchev–Trinajstić information content (AvgIpc) is 3.00. The first kappa shape index (κ1) is 23.3. The Balaban J connectivity index is 1.73. The largest absolute Gasteiger partial charge is 0.450 e. The Morgan fingerprint density at radius 3 is 2.68 bits per heavy atom. The summed E-state index contributed by atoms with van der Waals surface area (Å²) in [6.07, 6.45) is 7.73. The molecule has 3 fully saturated rings. The number of halogens is 1. The maximum Gasteiger partial charge on any atom is 0.316 e. The number of hydrogen-bond donors (Lipinski definition) is 1. The van der Waals surface area contributed by atoms with Gasteiger partial charge in [0.05, 0.1) is 17.7 Å². The highest BCUT2D eigenvalue weighted by Crippen LogP contribution is 2.68. The number of esters is 1. The SMILES string of the molecule is CSCC(=O)OC1(C(=O)CCl)CCC2C3CCC4=CC(=O)CCC4(C)C3C(O)CC21C. The number of aliphatic hydroxyl groups excluding tert-OH is 1. The first-order valence-electron chi connectivity index (χ1n) is 11.3. The number of ether oxygens (including phenoxy) is 1. The van der Waals surface area contributed by atoms with Gasteiger partial charge in [-0.3, -0.25) is 14.4 Å². The summed E-state index contributed by atoms with van der Waals surface area (Å²) in [6.45, 7) is 4.23. The minimum absolute atomic E-state index is 0.0578. The van der Waals surface area contributed by atoms with E-state index >= 15 is 0 Å². The molecule has 5 nitrogen and oxygen atoms in total. The van der Waals surface area contributed by atoms with E-state index in [0.717, 1.165) is 25.7 Å². The molecular weight excluding hydrogens is 436 g/mol. The van der Waals surface area contributed by atoms with E-state index in [9.17, 15) is 19.5 Å². The number of rotatable bonds is 5. The number of carbonyl (C=O) groups excluding carboxylic acids is 3. The summed E-state index contributed by atoms with van der Waals surface area (Å²) in [5.41, 5.74) is -0.914. The molecule has 4 aliphatic rings. The first-order valence-corrected chi connectivity index (χ1v) is 13.3. The van der Waals surface area contributed by atoms with Gasteiger partial charge in [0, 0.05) is 11.8 Å². The lowest BCUT2D eigenvalue weighted by molar-refractivity contribution is -0.198. The van der Waals surface area contributed by atoms with Crippen molar-refractivity contribution in [2.24, 2.45) is 28.6 Å².